The van der Waals surface area contributed by atoms with E-state index in [4.69, 9.17) is 15.5 Å². The van der Waals surface area contributed by atoms with E-state index in [1.165, 1.54) is 10.9 Å². The number of hydrogen-bond acceptors (Lipinski definition) is 4. The van der Waals surface area contributed by atoms with E-state index in [1.54, 1.807) is 0 Å². The normalized spacial score (nSPS) is 19.7. The third kappa shape index (κ3) is 3.17. The van der Waals surface area contributed by atoms with Crippen LogP contribution in [0.2, 0.25) is 0 Å². The van der Waals surface area contributed by atoms with Gasteiger partial charge in [-0.15, -0.1) is 0 Å². The fourth-order valence-corrected chi connectivity index (χ4v) is 2.95. The molecule has 0 radical (unpaired) electrons. The van der Waals surface area contributed by atoms with Gasteiger partial charge in [-0.25, -0.2) is 4.98 Å². The minimum Gasteiger partial charge on any atom is -0.377 e. The number of aromatic nitrogens is 1. The van der Waals surface area contributed by atoms with Crippen LogP contribution < -0.4 is 10.6 Å². The Morgan fingerprint density at radius 2 is 2.24 bits per heavy atom. The van der Waals surface area contributed by atoms with Crippen molar-refractivity contribution in [1.29, 1.82) is 0 Å². The van der Waals surface area contributed by atoms with Gasteiger partial charge in [0.25, 0.3) is 0 Å². The zero-order valence-electron chi connectivity index (χ0n) is 12.6. The van der Waals surface area contributed by atoms with E-state index in [0.29, 0.717) is 6.54 Å². The lowest BCUT2D eigenvalue weighted by molar-refractivity contribution is 0.0820. The Bertz CT molecular complexity index is 614. The zero-order chi connectivity index (χ0) is 14.7. The molecule has 3 rings (SSSR count). The topological polar surface area (TPSA) is 51.4 Å². The van der Waals surface area contributed by atoms with Crippen LogP contribution >= 0.6 is 0 Å². The summed E-state index contributed by atoms with van der Waals surface area (Å²) in [5, 5.41) is 1.18. The van der Waals surface area contributed by atoms with Crippen LogP contribution in [0.5, 0.6) is 0 Å². The van der Waals surface area contributed by atoms with Crippen LogP contribution in [0.1, 0.15) is 18.9 Å². The Balaban J connectivity index is 2.03. The van der Waals surface area contributed by atoms with Crippen LogP contribution in [0.3, 0.4) is 0 Å². The van der Waals surface area contributed by atoms with Crippen LogP contribution in [0, 0.1) is 0 Å². The summed E-state index contributed by atoms with van der Waals surface area (Å²) in [4.78, 5) is 7.26. The van der Waals surface area contributed by atoms with Crippen molar-refractivity contribution in [3.05, 3.63) is 35.9 Å². The first-order valence-electron chi connectivity index (χ1n) is 7.73. The highest BCUT2D eigenvalue weighted by atomic mass is 16.5. The minimum atomic E-state index is 0.242. The molecule has 0 amide bonds. The smallest absolute Gasteiger partial charge is 0.132 e. The molecule has 1 saturated heterocycles. The molecule has 1 atom stereocenters. The number of para-hydroxylation sites is 1. The fraction of sp³-hybridized carbons (Fsp3) is 0.471. The maximum absolute atomic E-state index is 5.79. The van der Waals surface area contributed by atoms with Gasteiger partial charge in [0.1, 0.15) is 5.82 Å². The van der Waals surface area contributed by atoms with Gasteiger partial charge >= 0.3 is 0 Å². The fourth-order valence-electron chi connectivity index (χ4n) is 2.95. The highest BCUT2D eigenvalue weighted by Gasteiger charge is 2.19. The number of hydrogen-bond donors (Lipinski definition) is 1. The first-order valence-corrected chi connectivity index (χ1v) is 7.73. The number of nitrogens with two attached hydrogens (primary N) is 1. The van der Waals surface area contributed by atoms with Gasteiger partial charge in [0, 0.05) is 25.1 Å². The maximum atomic E-state index is 5.79. The number of fused-ring (bicyclic) bond motifs is 1. The number of benzene rings is 1. The minimum absolute atomic E-state index is 0.242. The summed E-state index contributed by atoms with van der Waals surface area (Å²) < 4.78 is 5.75. The summed E-state index contributed by atoms with van der Waals surface area (Å²) in [6.45, 7) is 5.49. The second-order valence-electron chi connectivity index (χ2n) is 5.68. The third-order valence-corrected chi connectivity index (χ3v) is 3.95. The second-order valence-corrected chi connectivity index (χ2v) is 5.68. The molecule has 112 valence electrons. The van der Waals surface area contributed by atoms with Crippen LogP contribution in [0.4, 0.5) is 5.82 Å². The monoisotopic (exact) mass is 285 g/mol. The van der Waals surface area contributed by atoms with Crippen molar-refractivity contribution in [2.45, 2.75) is 25.9 Å². The number of nitrogens with zero attached hydrogens (tertiary/aromatic N) is 2. The summed E-state index contributed by atoms with van der Waals surface area (Å²) in [6, 6.07) is 10.5. The van der Waals surface area contributed by atoms with E-state index in [9.17, 15) is 0 Å². The van der Waals surface area contributed by atoms with E-state index in [2.05, 4.69) is 36.1 Å². The second kappa shape index (κ2) is 6.41. The molecule has 4 heteroatoms. The number of ether oxygens (including phenoxy) is 1. The Morgan fingerprint density at radius 3 is 3.10 bits per heavy atom. The molecule has 21 heavy (non-hydrogen) atoms. The predicted octanol–water partition coefficient (Wildman–Crippen LogP) is 2.35. The Morgan fingerprint density at radius 1 is 1.38 bits per heavy atom. The average Bonchev–Trinajstić information content (AvgIpc) is 2.71. The molecule has 1 aliphatic rings. The molecule has 0 spiro atoms. The molecular weight excluding hydrogens is 262 g/mol. The molecule has 1 aromatic heterocycles. The Kier molecular flexibility index (Phi) is 4.36. The van der Waals surface area contributed by atoms with Gasteiger partial charge in [0.15, 0.2) is 0 Å². The summed E-state index contributed by atoms with van der Waals surface area (Å²) in [6.07, 6.45) is 2.14. The van der Waals surface area contributed by atoms with Crippen molar-refractivity contribution < 1.29 is 4.74 Å². The van der Waals surface area contributed by atoms with Crippen molar-refractivity contribution in [2.24, 2.45) is 5.73 Å². The molecule has 2 heterocycles. The molecule has 1 unspecified atom stereocenters. The van der Waals surface area contributed by atoms with Gasteiger partial charge < -0.3 is 15.4 Å². The van der Waals surface area contributed by atoms with E-state index >= 15 is 0 Å². The van der Waals surface area contributed by atoms with Crippen molar-refractivity contribution in [2.75, 3.05) is 31.1 Å². The highest BCUT2D eigenvalue weighted by Crippen LogP contribution is 2.25. The van der Waals surface area contributed by atoms with E-state index < -0.39 is 0 Å². The Hall–Kier alpha value is -1.65. The SMILES string of the molecule is CC1CN(c2nc3ccccc3cc2CCN)CCCO1. The van der Waals surface area contributed by atoms with Crippen LogP contribution in [-0.2, 0) is 11.2 Å². The van der Waals surface area contributed by atoms with E-state index in [1.807, 2.05) is 6.07 Å². The quantitative estimate of drug-likeness (QED) is 0.940. The average molecular weight is 285 g/mol. The predicted molar refractivity (Wildman–Crippen MR) is 86.7 cm³/mol. The van der Waals surface area contributed by atoms with Crippen molar-refractivity contribution in [1.82, 2.24) is 4.98 Å². The first-order chi connectivity index (χ1) is 10.3. The molecule has 4 nitrogen and oxygen atoms in total. The zero-order valence-corrected chi connectivity index (χ0v) is 12.6. The molecular formula is C17H23N3O. The van der Waals surface area contributed by atoms with E-state index in [0.717, 1.165) is 43.9 Å². The van der Waals surface area contributed by atoms with Gasteiger partial charge in [-0.05, 0) is 44.0 Å². The summed E-state index contributed by atoms with van der Waals surface area (Å²) in [5.41, 5.74) is 8.08. The largest absolute Gasteiger partial charge is 0.377 e. The molecule has 0 bridgehead atoms. The van der Waals surface area contributed by atoms with Gasteiger partial charge in [0.05, 0.1) is 11.6 Å². The number of pyridine rings is 1. The summed E-state index contributed by atoms with van der Waals surface area (Å²) in [7, 11) is 0. The highest BCUT2D eigenvalue weighted by molar-refractivity contribution is 5.81. The molecule has 2 aromatic rings. The van der Waals surface area contributed by atoms with Crippen molar-refractivity contribution in [3.8, 4) is 0 Å². The van der Waals surface area contributed by atoms with Gasteiger partial charge in [0.2, 0.25) is 0 Å². The van der Waals surface area contributed by atoms with Crippen LogP contribution in [0.25, 0.3) is 10.9 Å². The number of anilines is 1. The Labute approximate surface area is 125 Å². The lowest BCUT2D eigenvalue weighted by Gasteiger charge is -2.26. The van der Waals surface area contributed by atoms with E-state index in [-0.39, 0.29) is 6.10 Å². The van der Waals surface area contributed by atoms with Gasteiger partial charge in [-0.1, -0.05) is 18.2 Å². The number of rotatable bonds is 3. The molecule has 2 N–H and O–H groups in total. The standard InChI is InChI=1S/C17H23N3O/c1-13-12-20(9-4-10-21-13)17-15(7-8-18)11-14-5-2-3-6-16(14)19-17/h2-3,5-6,11,13H,4,7-10,12,18H2,1H3. The van der Waals surface area contributed by atoms with Crippen LogP contribution in [-0.4, -0.2) is 37.3 Å². The van der Waals surface area contributed by atoms with Crippen molar-refractivity contribution in [3.63, 3.8) is 0 Å². The molecule has 1 aromatic carbocycles. The van der Waals surface area contributed by atoms with Crippen molar-refractivity contribution >= 4 is 16.7 Å². The molecule has 0 saturated carbocycles. The summed E-state index contributed by atoms with van der Waals surface area (Å²) in [5.74, 6) is 1.08. The third-order valence-electron chi connectivity index (χ3n) is 3.95. The van der Waals surface area contributed by atoms with Gasteiger partial charge in [-0.2, -0.15) is 0 Å². The molecule has 1 fully saturated rings. The first kappa shape index (κ1) is 14.3. The molecule has 0 aliphatic carbocycles. The lowest BCUT2D eigenvalue weighted by atomic mass is 10.1. The van der Waals surface area contributed by atoms with Crippen LogP contribution in [0.15, 0.2) is 30.3 Å². The maximum Gasteiger partial charge on any atom is 0.132 e. The molecule has 1 aliphatic heterocycles. The van der Waals surface area contributed by atoms with Gasteiger partial charge in [-0.3, -0.25) is 0 Å². The lowest BCUT2D eigenvalue weighted by Crippen LogP contribution is -2.32. The summed E-state index contributed by atoms with van der Waals surface area (Å²) >= 11 is 0.